The van der Waals surface area contributed by atoms with Gasteiger partial charge in [-0.2, -0.15) is 0 Å². The lowest BCUT2D eigenvalue weighted by atomic mass is 9.91. The molecule has 0 aromatic heterocycles. The van der Waals surface area contributed by atoms with Gasteiger partial charge in [0.2, 0.25) is 11.8 Å². The summed E-state index contributed by atoms with van der Waals surface area (Å²) in [6.07, 6.45) is 0.372. The van der Waals surface area contributed by atoms with Gasteiger partial charge in [-0.05, 0) is 103 Å². The normalized spacial score (nSPS) is 14.4. The van der Waals surface area contributed by atoms with Crippen molar-refractivity contribution in [2.45, 2.75) is 138 Å². The number of nitrogens with zero attached hydrogens (tertiary/aromatic N) is 1. The van der Waals surface area contributed by atoms with Gasteiger partial charge < -0.3 is 25.0 Å². The minimum Gasteiger partial charge on any atom is -0.458 e. The smallest absolute Gasteiger partial charge is 0.408 e. The summed E-state index contributed by atoms with van der Waals surface area (Å²) >= 11 is 0. The zero-order valence-electron chi connectivity index (χ0n) is 30.5. The Labute approximate surface area is 282 Å². The van der Waals surface area contributed by atoms with Crippen molar-refractivity contribution in [3.63, 3.8) is 0 Å². The number of benzene rings is 2. The lowest BCUT2D eigenvalue weighted by Gasteiger charge is -2.40. The van der Waals surface area contributed by atoms with Crippen LogP contribution in [0, 0.1) is 19.8 Å². The average molecular weight is 652 g/mol. The van der Waals surface area contributed by atoms with E-state index in [0.29, 0.717) is 18.4 Å². The minimum absolute atomic E-state index is 0.0487. The van der Waals surface area contributed by atoms with E-state index >= 15 is 0 Å². The standard InChI is InChI=1S/C38H57N3O6/c1-13-27(6)41(34(43)29(22-24(2)3)40-36(45)47-38(10,11)12)32(31-25(4)18-17-19-26(31)5)33(42)39-30(35(44)46-37(7,8)9)23-28-20-15-14-16-21-28/h14-21,24,27,29-30,32H,13,22-23H2,1-12H3,(H,39,42)(H,40,45). The summed E-state index contributed by atoms with van der Waals surface area (Å²) in [5.41, 5.74) is 1.62. The highest BCUT2D eigenvalue weighted by Crippen LogP contribution is 2.32. The van der Waals surface area contributed by atoms with Crippen molar-refractivity contribution in [2.75, 3.05) is 0 Å². The summed E-state index contributed by atoms with van der Waals surface area (Å²) in [7, 11) is 0. The maximum absolute atomic E-state index is 14.7. The zero-order chi connectivity index (χ0) is 35.7. The van der Waals surface area contributed by atoms with Crippen molar-refractivity contribution in [3.8, 4) is 0 Å². The summed E-state index contributed by atoms with van der Waals surface area (Å²) in [6, 6.07) is 11.7. The number of carbonyl (C=O) groups excluding carboxylic acids is 4. The number of carbonyl (C=O) groups is 4. The van der Waals surface area contributed by atoms with Crippen LogP contribution in [-0.2, 0) is 30.3 Å². The Morgan fingerprint density at radius 2 is 1.32 bits per heavy atom. The Bertz CT molecular complexity index is 1340. The van der Waals surface area contributed by atoms with Gasteiger partial charge in [0.25, 0.3) is 0 Å². The molecule has 3 amide bonds. The first-order valence-corrected chi connectivity index (χ1v) is 16.7. The van der Waals surface area contributed by atoms with Crippen LogP contribution in [0.5, 0.6) is 0 Å². The Hall–Kier alpha value is -3.88. The maximum atomic E-state index is 14.7. The number of ether oxygens (including phenoxy) is 2. The highest BCUT2D eigenvalue weighted by molar-refractivity contribution is 5.94. The molecule has 9 nitrogen and oxygen atoms in total. The molecule has 2 rings (SSSR count). The Kier molecular flexibility index (Phi) is 14.0. The highest BCUT2D eigenvalue weighted by Gasteiger charge is 2.41. The SMILES string of the molecule is CCC(C)N(C(=O)C(CC(C)C)NC(=O)OC(C)(C)C)C(C(=O)NC(Cc1ccccc1)C(=O)OC(C)(C)C)c1c(C)cccc1C. The molecule has 0 aliphatic carbocycles. The lowest BCUT2D eigenvalue weighted by Crippen LogP contribution is -2.57. The second-order valence-electron chi connectivity index (χ2n) is 14.8. The summed E-state index contributed by atoms with van der Waals surface area (Å²) in [4.78, 5) is 57.5. The van der Waals surface area contributed by atoms with Crippen LogP contribution in [0.2, 0.25) is 0 Å². The number of hydrogen-bond donors (Lipinski definition) is 2. The second kappa shape index (κ2) is 16.8. The average Bonchev–Trinajstić information content (AvgIpc) is 2.93. The first kappa shape index (κ1) is 39.3. The van der Waals surface area contributed by atoms with Gasteiger partial charge in [-0.1, -0.05) is 69.3 Å². The third-order valence-corrected chi connectivity index (χ3v) is 7.65. The van der Waals surface area contributed by atoms with E-state index in [1.807, 2.05) is 90.1 Å². The van der Waals surface area contributed by atoms with Gasteiger partial charge in [-0.25, -0.2) is 9.59 Å². The molecule has 0 fully saturated rings. The first-order valence-electron chi connectivity index (χ1n) is 16.7. The van der Waals surface area contributed by atoms with E-state index in [4.69, 9.17) is 9.47 Å². The molecule has 0 saturated carbocycles. The van der Waals surface area contributed by atoms with E-state index < -0.39 is 59.2 Å². The molecular weight excluding hydrogens is 594 g/mol. The molecule has 0 bridgehead atoms. The molecule has 2 N–H and O–H groups in total. The van der Waals surface area contributed by atoms with E-state index in [9.17, 15) is 19.2 Å². The number of hydrogen-bond acceptors (Lipinski definition) is 6. The lowest BCUT2D eigenvalue weighted by molar-refractivity contribution is -0.159. The van der Waals surface area contributed by atoms with Crippen molar-refractivity contribution in [1.82, 2.24) is 15.5 Å². The van der Waals surface area contributed by atoms with E-state index in [-0.39, 0.29) is 12.3 Å². The van der Waals surface area contributed by atoms with Crippen molar-refractivity contribution >= 4 is 23.9 Å². The number of esters is 1. The quantitative estimate of drug-likeness (QED) is 0.226. The van der Waals surface area contributed by atoms with Crippen LogP contribution in [-0.4, -0.2) is 58.1 Å². The first-order chi connectivity index (χ1) is 21.7. The van der Waals surface area contributed by atoms with Gasteiger partial charge in [0.1, 0.15) is 29.3 Å². The predicted molar refractivity (Wildman–Crippen MR) is 186 cm³/mol. The van der Waals surface area contributed by atoms with Crippen molar-refractivity contribution in [3.05, 3.63) is 70.8 Å². The van der Waals surface area contributed by atoms with Crippen LogP contribution >= 0.6 is 0 Å². The molecule has 260 valence electrons. The highest BCUT2D eigenvalue weighted by atomic mass is 16.6. The molecule has 0 radical (unpaired) electrons. The van der Waals surface area contributed by atoms with E-state index in [1.54, 1.807) is 46.4 Å². The third-order valence-electron chi connectivity index (χ3n) is 7.65. The van der Waals surface area contributed by atoms with Crippen LogP contribution in [0.1, 0.15) is 110 Å². The molecule has 0 aliphatic rings. The van der Waals surface area contributed by atoms with Crippen LogP contribution < -0.4 is 10.6 Å². The van der Waals surface area contributed by atoms with Crippen LogP contribution in [0.25, 0.3) is 0 Å². The van der Waals surface area contributed by atoms with Gasteiger partial charge in [-0.3, -0.25) is 9.59 Å². The molecule has 4 unspecified atom stereocenters. The summed E-state index contributed by atoms with van der Waals surface area (Å²) in [5, 5.41) is 5.79. The van der Waals surface area contributed by atoms with Crippen molar-refractivity contribution < 1.29 is 28.7 Å². The van der Waals surface area contributed by atoms with Gasteiger partial charge in [0, 0.05) is 12.5 Å². The number of aryl methyl sites for hydroxylation is 2. The Morgan fingerprint density at radius 3 is 1.81 bits per heavy atom. The molecule has 4 atom stereocenters. The number of alkyl carbamates (subject to hydrolysis) is 1. The predicted octanol–water partition coefficient (Wildman–Crippen LogP) is 6.98. The molecule has 47 heavy (non-hydrogen) atoms. The molecule has 0 spiro atoms. The Balaban J connectivity index is 2.71. The van der Waals surface area contributed by atoms with Gasteiger partial charge in [0.15, 0.2) is 0 Å². The van der Waals surface area contributed by atoms with Crippen molar-refractivity contribution in [2.24, 2.45) is 5.92 Å². The summed E-state index contributed by atoms with van der Waals surface area (Å²) in [5.74, 6) is -1.43. The fourth-order valence-electron chi connectivity index (χ4n) is 5.44. The molecule has 2 aromatic rings. The van der Waals surface area contributed by atoms with Crippen LogP contribution in [0.3, 0.4) is 0 Å². The monoisotopic (exact) mass is 651 g/mol. The molecule has 9 heteroatoms. The van der Waals surface area contributed by atoms with E-state index in [0.717, 1.165) is 16.7 Å². The fraction of sp³-hybridized carbons (Fsp3) is 0.579. The van der Waals surface area contributed by atoms with E-state index in [2.05, 4.69) is 10.6 Å². The molecule has 0 aliphatic heterocycles. The van der Waals surface area contributed by atoms with Gasteiger partial charge in [-0.15, -0.1) is 0 Å². The van der Waals surface area contributed by atoms with Crippen molar-refractivity contribution in [1.29, 1.82) is 0 Å². The zero-order valence-corrected chi connectivity index (χ0v) is 30.5. The Morgan fingerprint density at radius 1 is 0.766 bits per heavy atom. The number of rotatable bonds is 13. The number of nitrogens with one attached hydrogen (secondary N) is 2. The maximum Gasteiger partial charge on any atom is 0.408 e. The third kappa shape index (κ3) is 12.3. The second-order valence-corrected chi connectivity index (χ2v) is 14.8. The molecule has 0 heterocycles. The molecule has 2 aromatic carbocycles. The van der Waals surface area contributed by atoms with E-state index in [1.165, 1.54) is 0 Å². The van der Waals surface area contributed by atoms with Crippen LogP contribution in [0.15, 0.2) is 48.5 Å². The van der Waals surface area contributed by atoms with Crippen LogP contribution in [0.4, 0.5) is 4.79 Å². The topological polar surface area (TPSA) is 114 Å². The minimum atomic E-state index is -1.10. The van der Waals surface area contributed by atoms with Gasteiger partial charge in [0.05, 0.1) is 0 Å². The number of amides is 3. The summed E-state index contributed by atoms with van der Waals surface area (Å²) < 4.78 is 11.3. The summed E-state index contributed by atoms with van der Waals surface area (Å²) in [6.45, 7) is 22.2. The molecule has 0 saturated heterocycles. The fourth-order valence-corrected chi connectivity index (χ4v) is 5.44. The van der Waals surface area contributed by atoms with Gasteiger partial charge >= 0.3 is 12.1 Å². The largest absolute Gasteiger partial charge is 0.458 e. The molecular formula is C38H57N3O6.